The first-order valence-corrected chi connectivity index (χ1v) is 7.76. The highest BCUT2D eigenvalue weighted by Crippen LogP contribution is 2.28. The highest BCUT2D eigenvalue weighted by molar-refractivity contribution is 9.10. The molecule has 0 radical (unpaired) electrons. The van der Waals surface area contributed by atoms with E-state index in [4.69, 9.17) is 11.6 Å². The van der Waals surface area contributed by atoms with Crippen molar-refractivity contribution < 1.29 is 5.11 Å². The molecule has 0 saturated carbocycles. The van der Waals surface area contributed by atoms with E-state index >= 15 is 0 Å². The van der Waals surface area contributed by atoms with Gasteiger partial charge < -0.3 is 5.11 Å². The highest BCUT2D eigenvalue weighted by atomic mass is 79.9. The Bertz CT molecular complexity index is 604. The lowest BCUT2D eigenvalue weighted by atomic mass is 10.0. The van der Waals surface area contributed by atoms with Gasteiger partial charge in [0.1, 0.15) is 0 Å². The number of benzene rings is 1. The van der Waals surface area contributed by atoms with Gasteiger partial charge in [0.15, 0.2) is 0 Å². The normalized spacial score (nSPS) is 12.7. The second-order valence-electron chi connectivity index (χ2n) is 4.94. The van der Waals surface area contributed by atoms with Crippen molar-refractivity contribution in [2.45, 2.75) is 39.8 Å². The Labute approximate surface area is 132 Å². The van der Waals surface area contributed by atoms with Crippen LogP contribution in [0.4, 0.5) is 0 Å². The van der Waals surface area contributed by atoms with Crippen molar-refractivity contribution in [3.05, 3.63) is 50.2 Å². The van der Waals surface area contributed by atoms with Crippen LogP contribution in [0.3, 0.4) is 0 Å². The predicted octanol–water partition coefficient (Wildman–Crippen LogP) is 4.21. The first-order valence-electron chi connectivity index (χ1n) is 6.59. The molecule has 0 fully saturated rings. The summed E-state index contributed by atoms with van der Waals surface area (Å²) in [5.41, 5.74) is 3.69. The summed E-state index contributed by atoms with van der Waals surface area (Å²) < 4.78 is 2.82. The maximum Gasteiger partial charge on any atom is 0.0848 e. The fourth-order valence-corrected chi connectivity index (χ4v) is 3.16. The Balaban J connectivity index is 2.29. The van der Waals surface area contributed by atoms with Gasteiger partial charge in [-0.2, -0.15) is 5.10 Å². The zero-order chi connectivity index (χ0) is 14.9. The topological polar surface area (TPSA) is 38.0 Å². The fraction of sp³-hybridized carbons (Fsp3) is 0.400. The van der Waals surface area contributed by atoms with Crippen LogP contribution >= 0.6 is 27.5 Å². The van der Waals surface area contributed by atoms with Crippen LogP contribution in [0.5, 0.6) is 0 Å². The molecular weight excluding hydrogens is 340 g/mol. The van der Waals surface area contributed by atoms with Crippen molar-refractivity contribution in [1.82, 2.24) is 9.78 Å². The molecule has 0 aliphatic heterocycles. The molecule has 1 unspecified atom stereocenters. The van der Waals surface area contributed by atoms with E-state index in [1.807, 2.05) is 43.7 Å². The van der Waals surface area contributed by atoms with E-state index < -0.39 is 6.10 Å². The van der Waals surface area contributed by atoms with E-state index in [1.54, 1.807) is 0 Å². The summed E-state index contributed by atoms with van der Waals surface area (Å²) in [5.74, 6) is 0. The van der Waals surface area contributed by atoms with Gasteiger partial charge in [0, 0.05) is 17.4 Å². The van der Waals surface area contributed by atoms with E-state index in [-0.39, 0.29) is 0 Å². The van der Waals surface area contributed by atoms with Gasteiger partial charge >= 0.3 is 0 Å². The SMILES string of the molecule is CCn1nc(C)c(Cl)c1CC(O)c1cc(C)cc(Br)c1. The molecule has 3 nitrogen and oxygen atoms in total. The van der Waals surface area contributed by atoms with Crippen LogP contribution in [0.1, 0.15) is 35.5 Å². The maximum atomic E-state index is 10.5. The monoisotopic (exact) mass is 356 g/mol. The molecule has 0 spiro atoms. The van der Waals surface area contributed by atoms with Gasteiger partial charge in [-0.1, -0.05) is 33.6 Å². The largest absolute Gasteiger partial charge is 0.388 e. The lowest BCUT2D eigenvalue weighted by Gasteiger charge is -2.14. The van der Waals surface area contributed by atoms with Crippen molar-refractivity contribution in [2.75, 3.05) is 0 Å². The molecule has 2 aromatic rings. The number of aryl methyl sites for hydroxylation is 3. The standard InChI is InChI=1S/C15H18BrClN2O/c1-4-19-13(15(17)10(3)18-19)8-14(20)11-5-9(2)6-12(16)7-11/h5-7,14,20H,4,8H2,1-3H3. The predicted molar refractivity (Wildman–Crippen MR) is 85.2 cm³/mol. The molecular formula is C15H18BrClN2O. The van der Waals surface area contributed by atoms with Crippen LogP contribution in [0, 0.1) is 13.8 Å². The number of rotatable bonds is 4. The Hall–Kier alpha value is -0.840. The number of aliphatic hydroxyl groups is 1. The minimum atomic E-state index is -0.592. The minimum absolute atomic E-state index is 0.462. The zero-order valence-corrected chi connectivity index (χ0v) is 14.2. The van der Waals surface area contributed by atoms with Crippen LogP contribution in [0.15, 0.2) is 22.7 Å². The molecule has 20 heavy (non-hydrogen) atoms. The van der Waals surface area contributed by atoms with Gasteiger partial charge in [-0.15, -0.1) is 0 Å². The number of aliphatic hydroxyl groups excluding tert-OH is 1. The fourth-order valence-electron chi connectivity index (χ4n) is 2.32. The molecule has 0 aliphatic carbocycles. The third kappa shape index (κ3) is 3.25. The summed E-state index contributed by atoms with van der Waals surface area (Å²) in [6.07, 6.45) is -0.131. The third-order valence-electron chi connectivity index (χ3n) is 3.29. The van der Waals surface area contributed by atoms with Crippen molar-refractivity contribution >= 4 is 27.5 Å². The van der Waals surface area contributed by atoms with Crippen LogP contribution in [-0.2, 0) is 13.0 Å². The first kappa shape index (κ1) is 15.5. The lowest BCUT2D eigenvalue weighted by molar-refractivity contribution is 0.175. The minimum Gasteiger partial charge on any atom is -0.388 e. The Kier molecular flexibility index (Phi) is 4.89. The van der Waals surface area contributed by atoms with Crippen LogP contribution in [-0.4, -0.2) is 14.9 Å². The van der Waals surface area contributed by atoms with Gasteiger partial charge in [-0.05, 0) is 44.0 Å². The number of halogens is 2. The molecule has 0 aliphatic rings. The molecule has 1 N–H and O–H groups in total. The number of nitrogens with zero attached hydrogens (tertiary/aromatic N) is 2. The van der Waals surface area contributed by atoms with Gasteiger partial charge in [0.05, 0.1) is 22.5 Å². The zero-order valence-electron chi connectivity index (χ0n) is 11.8. The van der Waals surface area contributed by atoms with Gasteiger partial charge in [0.2, 0.25) is 0 Å². The summed E-state index contributed by atoms with van der Waals surface area (Å²) in [4.78, 5) is 0. The molecule has 0 bridgehead atoms. The van der Waals surface area contributed by atoms with Crippen LogP contribution < -0.4 is 0 Å². The number of hydrogen-bond acceptors (Lipinski definition) is 2. The quantitative estimate of drug-likeness (QED) is 0.890. The second-order valence-corrected chi connectivity index (χ2v) is 6.24. The van der Waals surface area contributed by atoms with Crippen LogP contribution in [0.2, 0.25) is 5.02 Å². The molecule has 1 heterocycles. The summed E-state index contributed by atoms with van der Waals surface area (Å²) >= 11 is 9.74. The van der Waals surface area contributed by atoms with E-state index in [2.05, 4.69) is 21.0 Å². The van der Waals surface area contributed by atoms with Crippen molar-refractivity contribution in [3.63, 3.8) is 0 Å². The lowest BCUT2D eigenvalue weighted by Crippen LogP contribution is -2.09. The average Bonchev–Trinajstić information content (AvgIpc) is 2.65. The Morgan fingerprint density at radius 2 is 2.05 bits per heavy atom. The summed E-state index contributed by atoms with van der Waals surface area (Å²) in [6, 6.07) is 5.94. The molecule has 5 heteroatoms. The van der Waals surface area contributed by atoms with Crippen molar-refractivity contribution in [3.8, 4) is 0 Å². The number of aromatic nitrogens is 2. The van der Waals surface area contributed by atoms with Crippen molar-refractivity contribution in [2.24, 2.45) is 0 Å². The van der Waals surface area contributed by atoms with E-state index in [9.17, 15) is 5.11 Å². The average molecular weight is 358 g/mol. The summed E-state index contributed by atoms with van der Waals surface area (Å²) in [6.45, 7) is 6.65. The molecule has 1 aromatic carbocycles. The number of hydrogen-bond donors (Lipinski definition) is 1. The van der Waals surface area contributed by atoms with E-state index in [0.29, 0.717) is 11.4 Å². The van der Waals surface area contributed by atoms with Gasteiger partial charge in [0.25, 0.3) is 0 Å². The molecule has 0 saturated heterocycles. The molecule has 0 amide bonds. The molecule has 108 valence electrons. The highest BCUT2D eigenvalue weighted by Gasteiger charge is 2.18. The van der Waals surface area contributed by atoms with E-state index in [1.165, 1.54) is 0 Å². The van der Waals surface area contributed by atoms with Gasteiger partial charge in [-0.3, -0.25) is 4.68 Å². The first-order chi connectivity index (χ1) is 9.42. The summed E-state index contributed by atoms with van der Waals surface area (Å²) in [5, 5.41) is 15.5. The third-order valence-corrected chi connectivity index (χ3v) is 4.24. The Morgan fingerprint density at radius 3 is 2.65 bits per heavy atom. The van der Waals surface area contributed by atoms with Crippen molar-refractivity contribution in [1.29, 1.82) is 0 Å². The van der Waals surface area contributed by atoms with Gasteiger partial charge in [-0.25, -0.2) is 0 Å². The maximum absolute atomic E-state index is 10.5. The Morgan fingerprint density at radius 1 is 1.35 bits per heavy atom. The molecule has 2 rings (SSSR count). The molecule has 1 atom stereocenters. The van der Waals surface area contributed by atoms with Crippen LogP contribution in [0.25, 0.3) is 0 Å². The summed E-state index contributed by atoms with van der Waals surface area (Å²) in [7, 11) is 0. The second kappa shape index (κ2) is 6.29. The molecule has 1 aromatic heterocycles. The smallest absolute Gasteiger partial charge is 0.0848 e. The van der Waals surface area contributed by atoms with E-state index in [0.717, 1.165) is 33.5 Å².